The highest BCUT2D eigenvalue weighted by Crippen LogP contribution is 2.15. The molecule has 1 fully saturated rings. The third-order valence-corrected chi connectivity index (χ3v) is 4.24. The minimum absolute atomic E-state index is 0.0416. The number of ether oxygens (including phenoxy) is 1. The van der Waals surface area contributed by atoms with Gasteiger partial charge in [0.15, 0.2) is 6.61 Å². The van der Waals surface area contributed by atoms with E-state index in [-0.39, 0.29) is 12.5 Å². The van der Waals surface area contributed by atoms with Gasteiger partial charge in [-0.3, -0.25) is 4.79 Å². The van der Waals surface area contributed by atoms with Crippen LogP contribution < -0.4 is 10.1 Å². The summed E-state index contributed by atoms with van der Waals surface area (Å²) in [5.74, 6) is 0.724. The molecule has 23 heavy (non-hydrogen) atoms. The molecule has 4 nitrogen and oxygen atoms in total. The number of hydrogen-bond donors (Lipinski definition) is 1. The molecule has 1 heterocycles. The molecule has 0 saturated carbocycles. The van der Waals surface area contributed by atoms with Crippen LogP contribution in [0.25, 0.3) is 0 Å². The third kappa shape index (κ3) is 7.04. The first kappa shape index (κ1) is 17.8. The highest BCUT2D eigenvalue weighted by molar-refractivity contribution is 5.77. The van der Waals surface area contributed by atoms with Gasteiger partial charge in [0.2, 0.25) is 0 Å². The molecule has 0 aromatic heterocycles. The molecule has 1 saturated heterocycles. The highest BCUT2D eigenvalue weighted by atomic mass is 16.5. The van der Waals surface area contributed by atoms with Gasteiger partial charge in [0.1, 0.15) is 5.75 Å². The van der Waals surface area contributed by atoms with Crippen molar-refractivity contribution >= 4 is 5.91 Å². The van der Waals surface area contributed by atoms with Gasteiger partial charge in [0.05, 0.1) is 0 Å². The lowest BCUT2D eigenvalue weighted by atomic mass is 10.1. The van der Waals surface area contributed by atoms with Gasteiger partial charge in [-0.05, 0) is 76.0 Å². The Morgan fingerprint density at radius 2 is 1.74 bits per heavy atom. The van der Waals surface area contributed by atoms with Gasteiger partial charge in [0.25, 0.3) is 5.91 Å². The Morgan fingerprint density at radius 1 is 1.09 bits per heavy atom. The number of carbonyl (C=O) groups excluding carboxylic acids is 1. The second-order valence-corrected chi connectivity index (χ2v) is 6.57. The summed E-state index contributed by atoms with van der Waals surface area (Å²) in [6, 6.07) is 6.01. The van der Waals surface area contributed by atoms with Crippen LogP contribution in [0, 0.1) is 13.8 Å². The number of nitrogens with one attached hydrogen (secondary N) is 1. The van der Waals surface area contributed by atoms with Crippen LogP contribution in [0.5, 0.6) is 5.75 Å². The van der Waals surface area contributed by atoms with E-state index in [4.69, 9.17) is 4.74 Å². The van der Waals surface area contributed by atoms with Crippen LogP contribution >= 0.6 is 0 Å². The minimum Gasteiger partial charge on any atom is -0.484 e. The molecule has 2 rings (SSSR count). The summed E-state index contributed by atoms with van der Waals surface area (Å²) < 4.78 is 5.57. The Balaban J connectivity index is 1.59. The zero-order chi connectivity index (χ0) is 16.5. The van der Waals surface area contributed by atoms with Gasteiger partial charge in [-0.1, -0.05) is 18.9 Å². The van der Waals surface area contributed by atoms with Crippen LogP contribution in [0.4, 0.5) is 0 Å². The van der Waals surface area contributed by atoms with E-state index in [1.807, 2.05) is 26.0 Å². The number of aryl methyl sites for hydroxylation is 2. The molecule has 0 radical (unpaired) electrons. The van der Waals surface area contributed by atoms with Crippen LogP contribution in [0.1, 0.15) is 43.2 Å². The van der Waals surface area contributed by atoms with E-state index >= 15 is 0 Å². The van der Waals surface area contributed by atoms with Crippen LogP contribution in [0.2, 0.25) is 0 Å². The van der Waals surface area contributed by atoms with Crippen molar-refractivity contribution in [1.82, 2.24) is 10.2 Å². The van der Waals surface area contributed by atoms with E-state index in [0.717, 1.165) is 36.4 Å². The number of amides is 1. The molecule has 1 aromatic carbocycles. The average Bonchev–Trinajstić information content (AvgIpc) is 2.77. The predicted octanol–water partition coefficient (Wildman–Crippen LogP) is 3.06. The summed E-state index contributed by atoms with van der Waals surface area (Å²) in [5.41, 5.74) is 2.30. The van der Waals surface area contributed by atoms with E-state index in [2.05, 4.69) is 16.3 Å². The lowest BCUT2D eigenvalue weighted by Gasteiger charge is -2.19. The third-order valence-electron chi connectivity index (χ3n) is 4.24. The molecular formula is C19H30N2O2. The first-order chi connectivity index (χ1) is 11.1. The van der Waals surface area contributed by atoms with Crippen molar-refractivity contribution in [2.75, 3.05) is 32.8 Å². The number of likely N-dealkylation sites (tertiary alicyclic amines) is 1. The highest BCUT2D eigenvalue weighted by Gasteiger charge is 2.08. The smallest absolute Gasteiger partial charge is 0.257 e. The first-order valence-electron chi connectivity index (χ1n) is 8.83. The van der Waals surface area contributed by atoms with Crippen molar-refractivity contribution in [3.8, 4) is 5.75 Å². The van der Waals surface area contributed by atoms with E-state index in [0.29, 0.717) is 0 Å². The Hall–Kier alpha value is -1.55. The van der Waals surface area contributed by atoms with Crippen LogP contribution in [-0.2, 0) is 4.79 Å². The zero-order valence-corrected chi connectivity index (χ0v) is 14.6. The fourth-order valence-electron chi connectivity index (χ4n) is 3.11. The summed E-state index contributed by atoms with van der Waals surface area (Å²) in [5, 5.41) is 2.95. The van der Waals surface area contributed by atoms with Gasteiger partial charge in [-0.15, -0.1) is 0 Å². The fourth-order valence-corrected chi connectivity index (χ4v) is 3.11. The van der Waals surface area contributed by atoms with Crippen molar-refractivity contribution in [2.45, 2.75) is 46.0 Å². The molecule has 1 aliphatic rings. The zero-order valence-electron chi connectivity index (χ0n) is 14.6. The maximum atomic E-state index is 11.8. The van der Waals surface area contributed by atoms with Crippen molar-refractivity contribution in [3.63, 3.8) is 0 Å². The molecule has 0 atom stereocenters. The summed E-state index contributed by atoms with van der Waals surface area (Å²) in [7, 11) is 0. The summed E-state index contributed by atoms with van der Waals surface area (Å²) in [4.78, 5) is 14.4. The molecule has 128 valence electrons. The van der Waals surface area contributed by atoms with Gasteiger partial charge in [-0.2, -0.15) is 0 Å². The Kier molecular flexibility index (Phi) is 7.40. The van der Waals surface area contributed by atoms with E-state index in [9.17, 15) is 4.79 Å². The molecule has 0 unspecified atom stereocenters. The van der Waals surface area contributed by atoms with Gasteiger partial charge in [-0.25, -0.2) is 0 Å². The number of nitrogens with zero attached hydrogens (tertiary/aromatic N) is 1. The molecule has 1 aliphatic heterocycles. The molecule has 0 aliphatic carbocycles. The molecule has 0 spiro atoms. The standard InChI is InChI=1S/C19H30N2O2/c1-16-12-17(2)14-18(13-16)23-15-19(22)20-8-7-11-21-9-5-3-4-6-10-21/h12-14H,3-11,15H2,1-2H3,(H,20,22). The van der Waals surface area contributed by atoms with Crippen molar-refractivity contribution < 1.29 is 9.53 Å². The van der Waals surface area contributed by atoms with Crippen molar-refractivity contribution in [3.05, 3.63) is 29.3 Å². The van der Waals surface area contributed by atoms with Crippen molar-refractivity contribution in [1.29, 1.82) is 0 Å². The monoisotopic (exact) mass is 318 g/mol. The van der Waals surface area contributed by atoms with Gasteiger partial charge >= 0.3 is 0 Å². The van der Waals surface area contributed by atoms with Crippen LogP contribution in [0.15, 0.2) is 18.2 Å². The lowest BCUT2D eigenvalue weighted by Crippen LogP contribution is -2.33. The maximum absolute atomic E-state index is 11.8. The summed E-state index contributed by atoms with van der Waals surface area (Å²) >= 11 is 0. The predicted molar refractivity (Wildman–Crippen MR) is 93.9 cm³/mol. The molecule has 4 heteroatoms. The minimum atomic E-state index is -0.0416. The number of benzene rings is 1. The topological polar surface area (TPSA) is 41.6 Å². The molecule has 1 N–H and O–H groups in total. The molecule has 0 bridgehead atoms. The van der Waals surface area contributed by atoms with Gasteiger partial charge < -0.3 is 15.0 Å². The lowest BCUT2D eigenvalue weighted by molar-refractivity contribution is -0.123. The normalized spacial score (nSPS) is 15.9. The summed E-state index contributed by atoms with van der Waals surface area (Å²) in [6.45, 7) is 8.38. The first-order valence-corrected chi connectivity index (χ1v) is 8.83. The Labute approximate surface area is 140 Å². The van der Waals surface area contributed by atoms with Crippen LogP contribution in [0.3, 0.4) is 0 Å². The van der Waals surface area contributed by atoms with E-state index < -0.39 is 0 Å². The van der Waals surface area contributed by atoms with Crippen LogP contribution in [-0.4, -0.2) is 43.6 Å². The Morgan fingerprint density at radius 3 is 2.39 bits per heavy atom. The molecule has 1 aromatic rings. The second kappa shape index (κ2) is 9.56. The summed E-state index contributed by atoms with van der Waals surface area (Å²) in [6.07, 6.45) is 6.37. The Bertz CT molecular complexity index is 474. The second-order valence-electron chi connectivity index (χ2n) is 6.57. The molecule has 1 amide bonds. The number of carbonyl (C=O) groups is 1. The average molecular weight is 318 g/mol. The quantitative estimate of drug-likeness (QED) is 0.786. The van der Waals surface area contributed by atoms with Gasteiger partial charge in [0, 0.05) is 6.54 Å². The number of rotatable bonds is 7. The molecular weight excluding hydrogens is 288 g/mol. The SMILES string of the molecule is Cc1cc(C)cc(OCC(=O)NCCCN2CCCCCC2)c1. The number of hydrogen-bond acceptors (Lipinski definition) is 3. The fraction of sp³-hybridized carbons (Fsp3) is 0.632. The van der Waals surface area contributed by atoms with E-state index in [1.165, 1.54) is 38.8 Å². The van der Waals surface area contributed by atoms with E-state index in [1.54, 1.807) is 0 Å². The maximum Gasteiger partial charge on any atom is 0.257 e. The largest absolute Gasteiger partial charge is 0.484 e. The van der Waals surface area contributed by atoms with Crippen molar-refractivity contribution in [2.24, 2.45) is 0 Å².